The minimum absolute atomic E-state index is 0.221. The maximum Gasteiger partial charge on any atom is 0.408 e. The van der Waals surface area contributed by atoms with E-state index < -0.39 is 28.8 Å². The molecule has 1 aromatic rings. The summed E-state index contributed by atoms with van der Waals surface area (Å²) < 4.78 is 28.7. The average Bonchev–Trinajstić information content (AvgIpc) is 2.70. The zero-order chi connectivity index (χ0) is 28.3. The van der Waals surface area contributed by atoms with Gasteiger partial charge >= 0.3 is 12.1 Å². The third-order valence-electron chi connectivity index (χ3n) is 4.88. The van der Waals surface area contributed by atoms with E-state index in [1.807, 2.05) is 24.3 Å². The van der Waals surface area contributed by atoms with Gasteiger partial charge in [0.25, 0.3) is 0 Å². The number of hydrogen-bond donors (Lipinski definition) is 1. The molecule has 37 heavy (non-hydrogen) atoms. The summed E-state index contributed by atoms with van der Waals surface area (Å²) in [6.07, 6.45) is -0.460. The van der Waals surface area contributed by atoms with Crippen LogP contribution >= 0.6 is 0 Å². The highest BCUT2D eigenvalue weighted by molar-refractivity contribution is 5.86. The van der Waals surface area contributed by atoms with E-state index in [2.05, 4.69) is 26.5 Å². The zero-order valence-electron chi connectivity index (χ0n) is 24.6. The summed E-state index contributed by atoms with van der Waals surface area (Å²) in [4.78, 5) is 25.5. The van der Waals surface area contributed by atoms with Gasteiger partial charge in [-0.1, -0.05) is 12.1 Å². The smallest absolute Gasteiger partial charge is 0.408 e. The monoisotopic (exact) mass is 525 g/mol. The lowest BCUT2D eigenvalue weighted by atomic mass is 9.92. The lowest BCUT2D eigenvalue weighted by molar-refractivity contribution is -0.870. The minimum Gasteiger partial charge on any atom is -0.491 e. The molecule has 212 valence electrons. The van der Waals surface area contributed by atoms with E-state index in [-0.39, 0.29) is 6.42 Å². The second-order valence-electron chi connectivity index (χ2n) is 12.4. The first-order valence-corrected chi connectivity index (χ1v) is 12.8. The predicted molar refractivity (Wildman–Crippen MR) is 144 cm³/mol. The van der Waals surface area contributed by atoms with Gasteiger partial charge in [0.1, 0.15) is 35.6 Å². The largest absolute Gasteiger partial charge is 0.491 e. The number of nitrogens with zero attached hydrogens (tertiary/aromatic N) is 1. The van der Waals surface area contributed by atoms with Crippen molar-refractivity contribution >= 4 is 12.1 Å². The fourth-order valence-electron chi connectivity index (χ4n) is 3.08. The highest BCUT2D eigenvalue weighted by atomic mass is 16.6. The first-order chi connectivity index (χ1) is 16.9. The van der Waals surface area contributed by atoms with E-state index in [1.54, 1.807) is 48.5 Å². The Morgan fingerprint density at radius 1 is 0.757 bits per heavy atom. The molecule has 0 bridgehead atoms. The Morgan fingerprint density at radius 3 is 1.78 bits per heavy atom. The van der Waals surface area contributed by atoms with Gasteiger partial charge in [0.05, 0.1) is 47.6 Å². The van der Waals surface area contributed by atoms with Crippen LogP contribution in [0.25, 0.3) is 0 Å². The Balaban J connectivity index is 2.60. The van der Waals surface area contributed by atoms with Gasteiger partial charge in [-0.05, 0) is 66.2 Å². The molecule has 1 atom stereocenters. The van der Waals surface area contributed by atoms with Crippen LogP contribution in [0.5, 0.6) is 5.75 Å². The number of amides is 1. The molecule has 0 heterocycles. The molecule has 0 saturated heterocycles. The molecule has 0 aliphatic heterocycles. The van der Waals surface area contributed by atoms with Crippen molar-refractivity contribution in [1.29, 1.82) is 0 Å². The van der Waals surface area contributed by atoms with Crippen molar-refractivity contribution in [2.45, 2.75) is 71.6 Å². The van der Waals surface area contributed by atoms with E-state index in [1.165, 1.54) is 0 Å². The van der Waals surface area contributed by atoms with Gasteiger partial charge in [-0.15, -0.1) is 0 Å². The molecule has 0 saturated carbocycles. The first-order valence-electron chi connectivity index (χ1n) is 12.8. The summed E-state index contributed by atoms with van der Waals surface area (Å²) in [5.41, 5.74) is -1.88. The number of alkyl carbamates (subject to hydrolysis) is 1. The number of ether oxygens (including phenoxy) is 5. The van der Waals surface area contributed by atoms with E-state index in [9.17, 15) is 9.59 Å². The first kappa shape index (κ1) is 32.7. The van der Waals surface area contributed by atoms with Crippen LogP contribution in [-0.2, 0) is 30.2 Å². The van der Waals surface area contributed by atoms with Crippen molar-refractivity contribution in [2.24, 2.45) is 0 Å². The number of nitrogens with one attached hydrogen (secondary N) is 1. The summed E-state index contributed by atoms with van der Waals surface area (Å²) in [5, 5.41) is 2.71. The maximum atomic E-state index is 13.0. The van der Waals surface area contributed by atoms with Gasteiger partial charge in [-0.2, -0.15) is 0 Å². The minimum atomic E-state index is -1.32. The van der Waals surface area contributed by atoms with Crippen LogP contribution < -0.4 is 10.1 Å². The number of hydrogen-bond acceptors (Lipinski definition) is 7. The van der Waals surface area contributed by atoms with Crippen LogP contribution in [0.15, 0.2) is 24.3 Å². The van der Waals surface area contributed by atoms with Gasteiger partial charge in [0.15, 0.2) is 0 Å². The molecule has 1 aromatic carbocycles. The summed E-state index contributed by atoms with van der Waals surface area (Å²) in [7, 11) is 6.39. The fraction of sp³-hybridized carbons (Fsp3) is 0.714. The molecule has 0 fully saturated rings. The van der Waals surface area contributed by atoms with Crippen molar-refractivity contribution in [3.63, 3.8) is 0 Å². The maximum absolute atomic E-state index is 13.0. The lowest BCUT2D eigenvalue weighted by Gasteiger charge is -2.33. The summed E-state index contributed by atoms with van der Waals surface area (Å²) in [6.45, 7) is 15.9. The summed E-state index contributed by atoms with van der Waals surface area (Å²) >= 11 is 0. The van der Waals surface area contributed by atoms with Gasteiger partial charge < -0.3 is 33.5 Å². The Morgan fingerprint density at radius 2 is 1.27 bits per heavy atom. The molecule has 0 unspecified atom stereocenters. The molecule has 0 aliphatic rings. The van der Waals surface area contributed by atoms with Crippen molar-refractivity contribution < 1.29 is 37.8 Å². The quantitative estimate of drug-likeness (QED) is 0.223. The summed E-state index contributed by atoms with van der Waals surface area (Å²) in [6, 6.07) is 7.37. The van der Waals surface area contributed by atoms with Crippen LogP contribution in [0.4, 0.5) is 4.79 Å². The molecule has 1 amide bonds. The fourth-order valence-corrected chi connectivity index (χ4v) is 3.08. The Labute approximate surface area is 223 Å². The molecular formula is C28H49N2O7+. The number of rotatable bonds is 14. The standard InChI is InChI=1S/C28H48N2O7/c1-26(2,3)36-24(31)28(7,29-25(32)37-27(4,5)6)21-22-11-13-23(14-12-22)35-20-19-34-18-17-33-16-15-30(8,9)10/h11-14H,15-21H2,1-10H3/p+1/t28-/m1/s1. The second-order valence-corrected chi connectivity index (χ2v) is 12.4. The Bertz CT molecular complexity index is 836. The van der Waals surface area contributed by atoms with Crippen molar-refractivity contribution in [3.05, 3.63) is 29.8 Å². The van der Waals surface area contributed by atoms with E-state index in [0.717, 1.165) is 16.6 Å². The van der Waals surface area contributed by atoms with Crippen molar-refractivity contribution in [2.75, 3.05) is 60.7 Å². The van der Waals surface area contributed by atoms with Crippen molar-refractivity contribution in [3.8, 4) is 5.75 Å². The topological polar surface area (TPSA) is 92.3 Å². The van der Waals surface area contributed by atoms with E-state index >= 15 is 0 Å². The number of carbonyl (C=O) groups is 2. The molecular weight excluding hydrogens is 476 g/mol. The lowest BCUT2D eigenvalue weighted by Crippen LogP contribution is -2.56. The third kappa shape index (κ3) is 15.5. The predicted octanol–water partition coefficient (Wildman–Crippen LogP) is 3.97. The Hall–Kier alpha value is -2.36. The molecule has 1 N–H and O–H groups in total. The Kier molecular flexibility index (Phi) is 12.3. The van der Waals surface area contributed by atoms with Gasteiger partial charge in [0.2, 0.25) is 0 Å². The van der Waals surface area contributed by atoms with Crippen LogP contribution in [0.1, 0.15) is 54.0 Å². The van der Waals surface area contributed by atoms with Crippen LogP contribution in [0.2, 0.25) is 0 Å². The molecule has 0 aromatic heterocycles. The molecule has 0 aliphatic carbocycles. The van der Waals surface area contributed by atoms with Crippen molar-refractivity contribution in [1.82, 2.24) is 5.32 Å². The number of likely N-dealkylation sites (N-methyl/N-ethyl adjacent to an activating group) is 1. The summed E-state index contributed by atoms with van der Waals surface area (Å²) in [5.74, 6) is 0.149. The van der Waals surface area contributed by atoms with E-state index in [4.69, 9.17) is 23.7 Å². The van der Waals surface area contributed by atoms with Gasteiger partial charge in [-0.3, -0.25) is 0 Å². The SMILES string of the molecule is CC(C)(C)OC(=O)N[C@](C)(Cc1ccc(OCCOCCOCC[N+](C)(C)C)cc1)C(=O)OC(C)(C)C. The molecule has 9 nitrogen and oxygen atoms in total. The highest BCUT2D eigenvalue weighted by Gasteiger charge is 2.40. The van der Waals surface area contributed by atoms with Gasteiger partial charge in [-0.25, -0.2) is 9.59 Å². The molecule has 0 radical (unpaired) electrons. The average molecular weight is 526 g/mol. The molecule has 1 rings (SSSR count). The van der Waals surface area contributed by atoms with Crippen LogP contribution in [-0.4, -0.2) is 94.0 Å². The normalized spacial score (nSPS) is 14.0. The number of esters is 1. The zero-order valence-corrected chi connectivity index (χ0v) is 24.6. The number of quaternary nitrogens is 1. The van der Waals surface area contributed by atoms with Crippen LogP contribution in [0.3, 0.4) is 0 Å². The molecule has 0 spiro atoms. The van der Waals surface area contributed by atoms with E-state index in [0.29, 0.717) is 38.8 Å². The number of carbonyl (C=O) groups excluding carboxylic acids is 2. The number of benzene rings is 1. The highest BCUT2D eigenvalue weighted by Crippen LogP contribution is 2.22. The second kappa shape index (κ2) is 14.0. The van der Waals surface area contributed by atoms with Gasteiger partial charge in [0, 0.05) is 6.42 Å². The molecule has 9 heteroatoms. The third-order valence-corrected chi connectivity index (χ3v) is 4.88. The van der Waals surface area contributed by atoms with Crippen LogP contribution in [0, 0.1) is 0 Å².